The van der Waals surface area contributed by atoms with E-state index in [0.29, 0.717) is 31.4 Å². The quantitative estimate of drug-likeness (QED) is 0.487. The minimum absolute atomic E-state index is 0.287. The van der Waals surface area contributed by atoms with E-state index in [1.165, 1.54) is 28.2 Å². The first kappa shape index (κ1) is 25.1. The van der Waals surface area contributed by atoms with Crippen molar-refractivity contribution in [3.05, 3.63) is 69.2 Å². The van der Waals surface area contributed by atoms with Crippen LogP contribution in [0.15, 0.2) is 47.4 Å². The summed E-state index contributed by atoms with van der Waals surface area (Å²) in [6.07, 6.45) is 1.13. The molecule has 2 amide bonds. The largest absolute Gasteiger partial charge is 0.380 e. The molecule has 33 heavy (non-hydrogen) atoms. The van der Waals surface area contributed by atoms with Gasteiger partial charge in [0, 0.05) is 18.0 Å². The standard InChI is InChI=1S/C25H31FN2O4S/c1-3-16(2)12-17-13-20(33-15-17)9-10-27-24(31)22(29)23(30)25(32)28-11-5-8-21(28)18-6-4-7-19(26)14-18/h3-4,6-7,13-15,21-23,29-30H,5,8-12H2,1-2H3,(H,27,31)/b16-3+/t21?,22-,23-/m1/s1. The Balaban J connectivity index is 1.52. The molecule has 1 saturated heterocycles. The van der Waals surface area contributed by atoms with Crippen molar-refractivity contribution in [1.29, 1.82) is 0 Å². The number of benzene rings is 1. The number of allylic oxidation sites excluding steroid dienone is 2. The van der Waals surface area contributed by atoms with Gasteiger partial charge in [-0.15, -0.1) is 11.3 Å². The summed E-state index contributed by atoms with van der Waals surface area (Å²) in [5, 5.41) is 25.3. The van der Waals surface area contributed by atoms with Gasteiger partial charge in [0.15, 0.2) is 12.2 Å². The van der Waals surface area contributed by atoms with E-state index in [1.807, 2.05) is 6.92 Å². The van der Waals surface area contributed by atoms with E-state index in [2.05, 4.69) is 29.8 Å². The SMILES string of the molecule is C/C=C(\C)Cc1csc(CCNC(=O)[C@H](O)[C@@H](O)C(=O)N2CCCC2c2cccc(F)c2)c1. The Bertz CT molecular complexity index is 1010. The van der Waals surface area contributed by atoms with Crippen LogP contribution >= 0.6 is 11.3 Å². The summed E-state index contributed by atoms with van der Waals surface area (Å²) in [4.78, 5) is 27.7. The maximum atomic E-state index is 13.6. The molecule has 6 nitrogen and oxygen atoms in total. The zero-order valence-corrected chi connectivity index (χ0v) is 19.8. The number of aliphatic hydroxyl groups excluding tert-OH is 2. The average Bonchev–Trinajstić information content (AvgIpc) is 3.47. The zero-order valence-electron chi connectivity index (χ0n) is 19.0. The Morgan fingerprint density at radius 2 is 2.09 bits per heavy atom. The molecule has 0 radical (unpaired) electrons. The maximum absolute atomic E-state index is 13.6. The number of rotatable bonds is 9. The number of carbonyl (C=O) groups excluding carboxylic acids is 2. The third kappa shape index (κ3) is 6.50. The van der Waals surface area contributed by atoms with E-state index < -0.39 is 35.9 Å². The number of hydrogen-bond donors (Lipinski definition) is 3. The van der Waals surface area contributed by atoms with E-state index in [4.69, 9.17) is 0 Å². The highest BCUT2D eigenvalue weighted by Gasteiger charge is 2.38. The molecule has 0 bridgehead atoms. The number of nitrogens with zero attached hydrogens (tertiary/aromatic N) is 1. The van der Waals surface area contributed by atoms with Crippen LogP contribution in [0.2, 0.25) is 0 Å². The number of thiophene rings is 1. The fourth-order valence-electron chi connectivity index (χ4n) is 4.03. The molecule has 1 aliphatic heterocycles. The van der Waals surface area contributed by atoms with E-state index in [1.54, 1.807) is 23.5 Å². The highest BCUT2D eigenvalue weighted by atomic mass is 32.1. The lowest BCUT2D eigenvalue weighted by Crippen LogP contribution is -2.50. The van der Waals surface area contributed by atoms with E-state index in [9.17, 15) is 24.2 Å². The van der Waals surface area contributed by atoms with Crippen LogP contribution in [-0.4, -0.2) is 52.2 Å². The average molecular weight is 475 g/mol. The Kier molecular flexibility index (Phi) is 8.77. The van der Waals surface area contributed by atoms with Crippen molar-refractivity contribution in [1.82, 2.24) is 10.2 Å². The molecule has 3 atom stereocenters. The number of halogens is 1. The molecule has 178 valence electrons. The fourth-order valence-corrected chi connectivity index (χ4v) is 4.92. The van der Waals surface area contributed by atoms with Crippen LogP contribution in [0.1, 0.15) is 48.7 Å². The van der Waals surface area contributed by atoms with Gasteiger partial charge in [-0.25, -0.2) is 4.39 Å². The van der Waals surface area contributed by atoms with Gasteiger partial charge in [-0.3, -0.25) is 9.59 Å². The summed E-state index contributed by atoms with van der Waals surface area (Å²) >= 11 is 1.61. The van der Waals surface area contributed by atoms with E-state index in [-0.39, 0.29) is 6.54 Å². The third-order valence-electron chi connectivity index (χ3n) is 5.94. The van der Waals surface area contributed by atoms with Gasteiger partial charge < -0.3 is 20.4 Å². The topological polar surface area (TPSA) is 89.9 Å². The number of carbonyl (C=O) groups is 2. The summed E-state index contributed by atoms with van der Waals surface area (Å²) in [5.74, 6) is -1.92. The molecule has 1 aromatic carbocycles. The number of aliphatic hydroxyl groups is 2. The minimum Gasteiger partial charge on any atom is -0.380 e. The van der Waals surface area contributed by atoms with Gasteiger partial charge in [-0.2, -0.15) is 0 Å². The smallest absolute Gasteiger partial charge is 0.255 e. The summed E-state index contributed by atoms with van der Waals surface area (Å²) in [7, 11) is 0. The third-order valence-corrected chi connectivity index (χ3v) is 6.99. The van der Waals surface area contributed by atoms with Gasteiger partial charge in [0.2, 0.25) is 0 Å². The predicted molar refractivity (Wildman–Crippen MR) is 126 cm³/mol. The molecule has 1 unspecified atom stereocenters. The predicted octanol–water partition coefficient (Wildman–Crippen LogP) is 3.14. The summed E-state index contributed by atoms with van der Waals surface area (Å²) < 4.78 is 13.6. The van der Waals surface area contributed by atoms with Crippen LogP contribution in [0, 0.1) is 5.82 Å². The fraction of sp³-hybridized carbons (Fsp3) is 0.440. The molecule has 0 saturated carbocycles. The van der Waals surface area contributed by atoms with Crippen LogP contribution < -0.4 is 5.32 Å². The second kappa shape index (κ2) is 11.5. The lowest BCUT2D eigenvalue weighted by molar-refractivity contribution is -0.153. The molecular weight excluding hydrogens is 443 g/mol. The molecule has 1 aliphatic rings. The number of hydrogen-bond acceptors (Lipinski definition) is 5. The molecule has 2 heterocycles. The number of amides is 2. The Morgan fingerprint density at radius 3 is 2.82 bits per heavy atom. The molecule has 8 heteroatoms. The van der Waals surface area contributed by atoms with Crippen LogP contribution in [-0.2, 0) is 22.4 Å². The Hall–Kier alpha value is -2.55. The molecule has 0 spiro atoms. The van der Waals surface area contributed by atoms with Crippen LogP contribution in [0.25, 0.3) is 0 Å². The minimum atomic E-state index is -1.88. The van der Waals surface area contributed by atoms with Gasteiger partial charge in [0.1, 0.15) is 5.82 Å². The van der Waals surface area contributed by atoms with Crippen molar-refractivity contribution in [2.45, 2.75) is 57.8 Å². The summed E-state index contributed by atoms with van der Waals surface area (Å²) in [6, 6.07) is 7.69. The highest BCUT2D eigenvalue weighted by Crippen LogP contribution is 2.32. The van der Waals surface area contributed by atoms with E-state index >= 15 is 0 Å². The van der Waals surface area contributed by atoms with Crippen molar-refractivity contribution in [2.75, 3.05) is 13.1 Å². The molecule has 3 N–H and O–H groups in total. The lowest BCUT2D eigenvalue weighted by atomic mass is 10.0. The van der Waals surface area contributed by atoms with Crippen LogP contribution in [0.5, 0.6) is 0 Å². The molecule has 1 aromatic heterocycles. The number of likely N-dealkylation sites (tertiary alicyclic amines) is 1. The maximum Gasteiger partial charge on any atom is 0.255 e. The molecular formula is C25H31FN2O4S. The second-order valence-electron chi connectivity index (χ2n) is 8.41. The van der Waals surface area contributed by atoms with Gasteiger partial charge in [-0.05, 0) is 74.2 Å². The Morgan fingerprint density at radius 1 is 1.30 bits per heavy atom. The first-order chi connectivity index (χ1) is 15.8. The van der Waals surface area contributed by atoms with Crippen molar-refractivity contribution in [2.24, 2.45) is 0 Å². The van der Waals surface area contributed by atoms with Crippen molar-refractivity contribution in [3.63, 3.8) is 0 Å². The van der Waals surface area contributed by atoms with Gasteiger partial charge in [-0.1, -0.05) is 23.8 Å². The van der Waals surface area contributed by atoms with Crippen LogP contribution in [0.3, 0.4) is 0 Å². The highest BCUT2D eigenvalue weighted by molar-refractivity contribution is 7.10. The summed E-state index contributed by atoms with van der Waals surface area (Å²) in [6.45, 7) is 4.75. The number of nitrogens with one attached hydrogen (secondary N) is 1. The molecule has 0 aliphatic carbocycles. The first-order valence-corrected chi connectivity index (χ1v) is 12.1. The van der Waals surface area contributed by atoms with Crippen molar-refractivity contribution >= 4 is 23.2 Å². The Labute approximate surface area is 197 Å². The zero-order chi connectivity index (χ0) is 24.0. The van der Waals surface area contributed by atoms with Crippen molar-refractivity contribution < 1.29 is 24.2 Å². The van der Waals surface area contributed by atoms with Gasteiger partial charge in [0.25, 0.3) is 11.8 Å². The lowest BCUT2D eigenvalue weighted by Gasteiger charge is -2.28. The molecule has 1 fully saturated rings. The van der Waals surface area contributed by atoms with E-state index in [0.717, 1.165) is 11.3 Å². The first-order valence-electron chi connectivity index (χ1n) is 11.2. The molecule has 2 aromatic rings. The normalized spacial score (nSPS) is 18.3. The monoisotopic (exact) mass is 474 g/mol. The summed E-state index contributed by atoms with van der Waals surface area (Å²) in [5.41, 5.74) is 3.13. The van der Waals surface area contributed by atoms with Crippen molar-refractivity contribution in [3.8, 4) is 0 Å². The second-order valence-corrected chi connectivity index (χ2v) is 9.40. The van der Waals surface area contributed by atoms with Gasteiger partial charge in [0.05, 0.1) is 6.04 Å². The van der Waals surface area contributed by atoms with Crippen LogP contribution in [0.4, 0.5) is 4.39 Å². The van der Waals surface area contributed by atoms with Gasteiger partial charge >= 0.3 is 0 Å². The molecule has 3 rings (SSSR count).